The van der Waals surface area contributed by atoms with Crippen LogP contribution >= 0.6 is 11.3 Å². The average Bonchev–Trinajstić information content (AvgIpc) is 3.32. The lowest BCUT2D eigenvalue weighted by molar-refractivity contribution is -0.134. The Hall–Kier alpha value is -2.99. The zero-order valence-corrected chi connectivity index (χ0v) is 20.8. The molecule has 3 aromatic rings. The highest BCUT2D eigenvalue weighted by Gasteiger charge is 2.34. The molecule has 4 nitrogen and oxygen atoms in total. The van der Waals surface area contributed by atoms with Gasteiger partial charge < -0.3 is 9.80 Å². The van der Waals surface area contributed by atoms with Gasteiger partial charge in [0.15, 0.2) is 0 Å². The zero-order valence-electron chi connectivity index (χ0n) is 20.0. The van der Waals surface area contributed by atoms with Crippen molar-refractivity contribution >= 4 is 23.2 Å². The summed E-state index contributed by atoms with van der Waals surface area (Å²) < 4.78 is 13.6. The van der Waals surface area contributed by atoms with E-state index in [0.717, 1.165) is 24.0 Å². The van der Waals surface area contributed by atoms with Crippen LogP contribution in [0.1, 0.15) is 58.7 Å². The minimum absolute atomic E-state index is 0.0176. The van der Waals surface area contributed by atoms with Crippen molar-refractivity contribution in [3.05, 3.63) is 92.9 Å². The van der Waals surface area contributed by atoms with Crippen molar-refractivity contribution in [2.24, 2.45) is 5.92 Å². The molecule has 0 spiro atoms. The molecular weight excluding hydrogens is 447 g/mol. The van der Waals surface area contributed by atoms with E-state index in [2.05, 4.69) is 13.0 Å². The molecule has 4 rings (SSSR count). The second-order valence-electron chi connectivity index (χ2n) is 9.22. The molecule has 1 aromatic heterocycles. The Morgan fingerprint density at radius 1 is 1.09 bits per heavy atom. The summed E-state index contributed by atoms with van der Waals surface area (Å²) >= 11 is 1.69. The van der Waals surface area contributed by atoms with E-state index in [0.29, 0.717) is 18.7 Å². The minimum Gasteiger partial charge on any atom is -0.330 e. The molecule has 2 amide bonds. The molecule has 0 bridgehead atoms. The number of aryl methyl sites for hydroxylation is 1. The first-order valence-electron chi connectivity index (χ1n) is 11.9. The van der Waals surface area contributed by atoms with Crippen LogP contribution in [-0.2, 0) is 17.6 Å². The third-order valence-electron chi connectivity index (χ3n) is 6.28. The fourth-order valence-electron chi connectivity index (χ4n) is 4.57. The number of hydrogen-bond donors (Lipinski definition) is 0. The Bertz CT molecular complexity index is 1140. The Morgan fingerprint density at radius 3 is 2.44 bits per heavy atom. The molecule has 0 fully saturated rings. The summed E-state index contributed by atoms with van der Waals surface area (Å²) in [6, 6.07) is 15.8. The number of halogens is 1. The van der Waals surface area contributed by atoms with E-state index in [1.165, 1.54) is 22.6 Å². The maximum atomic E-state index is 13.7. The number of hydrogen-bond acceptors (Lipinski definition) is 3. The van der Waals surface area contributed by atoms with E-state index in [1.54, 1.807) is 28.4 Å². The number of carbonyl (C=O) groups is 2. The van der Waals surface area contributed by atoms with Gasteiger partial charge >= 0.3 is 0 Å². The highest BCUT2D eigenvalue weighted by Crippen LogP contribution is 2.38. The van der Waals surface area contributed by atoms with Crippen molar-refractivity contribution in [3.8, 4) is 0 Å². The summed E-state index contributed by atoms with van der Waals surface area (Å²) in [5.74, 6) is -0.295. The van der Waals surface area contributed by atoms with Crippen molar-refractivity contribution in [3.63, 3.8) is 0 Å². The normalized spacial score (nSPS) is 15.3. The van der Waals surface area contributed by atoms with Crippen molar-refractivity contribution in [1.29, 1.82) is 0 Å². The second kappa shape index (κ2) is 10.5. The van der Waals surface area contributed by atoms with Gasteiger partial charge in [-0.05, 0) is 71.2 Å². The quantitative estimate of drug-likeness (QED) is 0.436. The number of rotatable bonds is 7. The lowest BCUT2D eigenvalue weighted by Gasteiger charge is -2.38. The molecule has 2 aromatic carbocycles. The van der Waals surface area contributed by atoms with E-state index in [9.17, 15) is 14.0 Å². The van der Waals surface area contributed by atoms with Gasteiger partial charge in [0.2, 0.25) is 5.91 Å². The van der Waals surface area contributed by atoms with Crippen LogP contribution < -0.4 is 0 Å². The van der Waals surface area contributed by atoms with Crippen molar-refractivity contribution in [1.82, 2.24) is 9.80 Å². The lowest BCUT2D eigenvalue weighted by atomic mass is 9.93. The largest absolute Gasteiger partial charge is 0.330 e. The van der Waals surface area contributed by atoms with Crippen LogP contribution in [0.15, 0.2) is 60.0 Å². The predicted octanol–water partition coefficient (Wildman–Crippen LogP) is 5.72. The predicted molar refractivity (Wildman–Crippen MR) is 135 cm³/mol. The SMILES string of the molecule is CCc1ccc(C(=O)N(CC(=O)N2CCc3sccc3C2c2ccc(F)cc2)CC(C)C)cc1. The lowest BCUT2D eigenvalue weighted by Crippen LogP contribution is -2.47. The Balaban J connectivity index is 1.60. The van der Waals surface area contributed by atoms with Gasteiger partial charge in [0, 0.05) is 23.5 Å². The summed E-state index contributed by atoms with van der Waals surface area (Å²) in [4.78, 5) is 31.8. The highest BCUT2D eigenvalue weighted by atomic mass is 32.1. The molecule has 1 aliphatic heterocycles. The van der Waals surface area contributed by atoms with Gasteiger partial charge in [0.1, 0.15) is 12.4 Å². The van der Waals surface area contributed by atoms with Crippen LogP contribution in [0, 0.1) is 11.7 Å². The number of benzene rings is 2. The van der Waals surface area contributed by atoms with Gasteiger partial charge in [-0.2, -0.15) is 0 Å². The van der Waals surface area contributed by atoms with Crippen LogP contribution in [0.5, 0.6) is 0 Å². The Kier molecular flexibility index (Phi) is 7.47. The summed E-state index contributed by atoms with van der Waals surface area (Å²) in [5.41, 5.74) is 3.74. The van der Waals surface area contributed by atoms with E-state index in [4.69, 9.17) is 0 Å². The van der Waals surface area contributed by atoms with Crippen LogP contribution in [-0.4, -0.2) is 41.2 Å². The molecule has 1 unspecified atom stereocenters. The van der Waals surface area contributed by atoms with Gasteiger partial charge in [-0.1, -0.05) is 45.0 Å². The number of thiophene rings is 1. The Labute approximate surface area is 205 Å². The number of amides is 2. The third kappa shape index (κ3) is 5.22. The maximum absolute atomic E-state index is 13.7. The van der Waals surface area contributed by atoms with Gasteiger partial charge in [-0.25, -0.2) is 4.39 Å². The van der Waals surface area contributed by atoms with E-state index in [-0.39, 0.29) is 36.1 Å². The van der Waals surface area contributed by atoms with Crippen LogP contribution in [0.3, 0.4) is 0 Å². The van der Waals surface area contributed by atoms with Crippen LogP contribution in [0.4, 0.5) is 4.39 Å². The number of carbonyl (C=O) groups excluding carboxylic acids is 2. The second-order valence-corrected chi connectivity index (χ2v) is 10.2. The summed E-state index contributed by atoms with van der Waals surface area (Å²) in [6.45, 7) is 7.26. The average molecular weight is 479 g/mol. The van der Waals surface area contributed by atoms with Gasteiger partial charge in [0.05, 0.1) is 6.04 Å². The molecule has 6 heteroatoms. The van der Waals surface area contributed by atoms with Crippen LogP contribution in [0.2, 0.25) is 0 Å². The molecule has 0 aliphatic carbocycles. The van der Waals surface area contributed by atoms with E-state index < -0.39 is 0 Å². The smallest absolute Gasteiger partial charge is 0.254 e. The highest BCUT2D eigenvalue weighted by molar-refractivity contribution is 7.10. The maximum Gasteiger partial charge on any atom is 0.254 e. The molecular formula is C28H31FN2O2S. The molecule has 1 atom stereocenters. The van der Waals surface area contributed by atoms with Gasteiger partial charge in [-0.3, -0.25) is 9.59 Å². The van der Waals surface area contributed by atoms with Gasteiger partial charge in [-0.15, -0.1) is 11.3 Å². The monoisotopic (exact) mass is 478 g/mol. The first-order chi connectivity index (χ1) is 16.4. The van der Waals surface area contributed by atoms with Crippen molar-refractivity contribution in [2.45, 2.75) is 39.7 Å². The van der Waals surface area contributed by atoms with Crippen molar-refractivity contribution < 1.29 is 14.0 Å². The van der Waals surface area contributed by atoms with E-state index >= 15 is 0 Å². The molecule has 2 heterocycles. The van der Waals surface area contributed by atoms with Gasteiger partial charge in [0.25, 0.3) is 5.91 Å². The number of nitrogens with zero attached hydrogens (tertiary/aromatic N) is 2. The fraction of sp³-hybridized carbons (Fsp3) is 0.357. The van der Waals surface area contributed by atoms with Crippen LogP contribution in [0.25, 0.3) is 0 Å². The molecule has 0 saturated carbocycles. The molecule has 0 saturated heterocycles. The molecule has 1 aliphatic rings. The minimum atomic E-state index is -0.300. The topological polar surface area (TPSA) is 40.6 Å². The molecule has 0 N–H and O–H groups in total. The third-order valence-corrected chi connectivity index (χ3v) is 7.28. The molecule has 34 heavy (non-hydrogen) atoms. The molecule has 178 valence electrons. The molecule has 0 radical (unpaired) electrons. The summed E-state index contributed by atoms with van der Waals surface area (Å²) in [6.07, 6.45) is 1.69. The van der Waals surface area contributed by atoms with Crippen molar-refractivity contribution in [2.75, 3.05) is 19.6 Å². The first-order valence-corrected chi connectivity index (χ1v) is 12.7. The first kappa shape index (κ1) is 24.1. The number of fused-ring (bicyclic) bond motifs is 1. The fourth-order valence-corrected chi connectivity index (χ4v) is 5.47. The summed E-state index contributed by atoms with van der Waals surface area (Å²) in [7, 11) is 0. The Morgan fingerprint density at radius 2 is 1.79 bits per heavy atom. The zero-order chi connectivity index (χ0) is 24.2. The van der Waals surface area contributed by atoms with E-state index in [1.807, 2.05) is 48.4 Å². The standard InChI is InChI=1S/C28H31FN2O2S/c1-4-20-5-7-22(8-6-20)28(33)30(17-19(2)3)18-26(32)31-15-13-25-24(14-16-34-25)27(31)21-9-11-23(29)12-10-21/h5-12,14,16,19,27H,4,13,15,17-18H2,1-3H3. The summed E-state index contributed by atoms with van der Waals surface area (Å²) in [5, 5.41) is 2.05.